The summed E-state index contributed by atoms with van der Waals surface area (Å²) in [4.78, 5) is 3.34. The first kappa shape index (κ1) is 8.08. The van der Waals surface area contributed by atoms with Crippen LogP contribution in [0.4, 0.5) is 4.39 Å². The molecule has 0 aromatic carbocycles. The van der Waals surface area contributed by atoms with Crippen molar-refractivity contribution in [3.05, 3.63) is 24.4 Å². The molecule has 0 N–H and O–H groups in total. The molecule has 9 heavy (non-hydrogen) atoms. The number of allylic oxidation sites excluding steroid dienone is 2. The van der Waals surface area contributed by atoms with Crippen molar-refractivity contribution in [1.82, 2.24) is 0 Å². The summed E-state index contributed by atoms with van der Waals surface area (Å²) in [6.07, 6.45) is 2.84. The summed E-state index contributed by atoms with van der Waals surface area (Å²) in [6.45, 7) is 6.68. The van der Waals surface area contributed by atoms with Crippen LogP contribution in [-0.2, 0) is 0 Å². The molecule has 0 aromatic heterocycles. The maximum absolute atomic E-state index is 12.4. The van der Waals surface area contributed by atoms with E-state index in [4.69, 9.17) is 0 Å². The third-order valence-electron chi connectivity index (χ3n) is 0.963. The fraction of sp³-hybridized carbons (Fsp3) is 0.286. The van der Waals surface area contributed by atoms with Crippen molar-refractivity contribution in [3.63, 3.8) is 0 Å². The van der Waals surface area contributed by atoms with Gasteiger partial charge in [-0.1, -0.05) is 12.7 Å². The number of hydrogen-bond donors (Lipinski definition) is 0. The molecule has 2 heteroatoms. The number of aliphatic imine (C=N–C) groups is 1. The fourth-order valence-corrected chi connectivity index (χ4v) is 0.301. The summed E-state index contributed by atoms with van der Waals surface area (Å²) in [5.74, 6) is -0.465. The first-order chi connectivity index (χ1) is 4.22. The van der Waals surface area contributed by atoms with Crippen LogP contribution in [-0.4, -0.2) is 5.97 Å². The largest absolute Gasteiger partial charge is 0.229 e. The number of halogens is 1. The molecule has 0 aliphatic rings. The Morgan fingerprint density at radius 1 is 1.67 bits per heavy atom. The minimum atomic E-state index is -0.465. The molecule has 0 aliphatic carbocycles. The van der Waals surface area contributed by atoms with Gasteiger partial charge in [-0.15, -0.1) is 0 Å². The average molecular weight is 127 g/mol. The molecule has 0 aliphatic heterocycles. The average Bonchev–Trinajstić information content (AvgIpc) is 1.87. The molecule has 1 nitrogen and oxygen atoms in total. The van der Waals surface area contributed by atoms with Gasteiger partial charge in [-0.05, 0) is 19.4 Å². The van der Waals surface area contributed by atoms with Gasteiger partial charge in [-0.25, -0.2) is 4.99 Å². The van der Waals surface area contributed by atoms with Gasteiger partial charge in [-0.3, -0.25) is 0 Å². The summed E-state index contributed by atoms with van der Waals surface area (Å²) >= 11 is 0. The van der Waals surface area contributed by atoms with Crippen LogP contribution in [0.2, 0.25) is 0 Å². The molecule has 0 aromatic rings. The Morgan fingerprint density at radius 2 is 2.22 bits per heavy atom. The van der Waals surface area contributed by atoms with Gasteiger partial charge in [0.25, 0.3) is 0 Å². The second-order valence-electron chi connectivity index (χ2n) is 1.57. The van der Waals surface area contributed by atoms with Crippen LogP contribution < -0.4 is 0 Å². The lowest BCUT2D eigenvalue weighted by atomic mass is 10.3. The maximum Gasteiger partial charge on any atom is 0.215 e. The summed E-state index contributed by atoms with van der Waals surface area (Å²) in [5, 5.41) is 0. The van der Waals surface area contributed by atoms with E-state index in [1.54, 1.807) is 19.9 Å². The van der Waals surface area contributed by atoms with Gasteiger partial charge in [0, 0.05) is 6.20 Å². The molecule has 0 unspecified atom stereocenters. The SMILES string of the molecule is C=CN=C(F)/C(C)=C\C. The molecule has 0 atom stereocenters. The molecule has 0 bridgehead atoms. The van der Waals surface area contributed by atoms with E-state index in [-0.39, 0.29) is 0 Å². The molecule has 0 saturated heterocycles. The highest BCUT2D eigenvalue weighted by Gasteiger charge is 1.93. The van der Waals surface area contributed by atoms with Crippen LogP contribution in [0.1, 0.15) is 13.8 Å². The van der Waals surface area contributed by atoms with E-state index < -0.39 is 5.97 Å². The minimum Gasteiger partial charge on any atom is -0.229 e. The summed E-state index contributed by atoms with van der Waals surface area (Å²) in [6, 6.07) is 0. The lowest BCUT2D eigenvalue weighted by Crippen LogP contribution is -1.87. The predicted molar refractivity (Wildman–Crippen MR) is 38.2 cm³/mol. The lowest BCUT2D eigenvalue weighted by Gasteiger charge is -1.89. The maximum atomic E-state index is 12.4. The molecular formula is C7H10FN. The van der Waals surface area contributed by atoms with E-state index >= 15 is 0 Å². The van der Waals surface area contributed by atoms with E-state index in [1.807, 2.05) is 0 Å². The molecule has 0 saturated carbocycles. The summed E-state index contributed by atoms with van der Waals surface area (Å²) < 4.78 is 12.4. The van der Waals surface area contributed by atoms with Crippen molar-refractivity contribution in [1.29, 1.82) is 0 Å². The fourth-order valence-electron chi connectivity index (χ4n) is 0.301. The van der Waals surface area contributed by atoms with E-state index in [2.05, 4.69) is 11.6 Å². The highest BCUT2D eigenvalue weighted by atomic mass is 19.1. The van der Waals surface area contributed by atoms with Crippen LogP contribution >= 0.6 is 0 Å². The topological polar surface area (TPSA) is 12.4 Å². The Hall–Kier alpha value is -0.920. The Kier molecular flexibility index (Phi) is 3.60. The monoisotopic (exact) mass is 127 g/mol. The van der Waals surface area contributed by atoms with Gasteiger partial charge in [0.05, 0.1) is 0 Å². The highest BCUT2D eigenvalue weighted by Crippen LogP contribution is 1.97. The van der Waals surface area contributed by atoms with Gasteiger partial charge in [-0.2, -0.15) is 4.39 Å². The highest BCUT2D eigenvalue weighted by molar-refractivity contribution is 5.92. The Bertz CT molecular complexity index is 156. The van der Waals surface area contributed by atoms with Crippen LogP contribution in [0, 0.1) is 0 Å². The zero-order valence-corrected chi connectivity index (χ0v) is 5.69. The molecule has 0 radical (unpaired) electrons. The van der Waals surface area contributed by atoms with Gasteiger partial charge >= 0.3 is 0 Å². The quantitative estimate of drug-likeness (QED) is 0.505. The van der Waals surface area contributed by atoms with E-state index in [1.165, 1.54) is 6.20 Å². The molecule has 0 amide bonds. The summed E-state index contributed by atoms with van der Waals surface area (Å²) in [5.41, 5.74) is 0.537. The third kappa shape index (κ3) is 2.80. The van der Waals surface area contributed by atoms with Gasteiger partial charge < -0.3 is 0 Å². The van der Waals surface area contributed by atoms with Crippen molar-refractivity contribution in [3.8, 4) is 0 Å². The second kappa shape index (κ2) is 4.01. The van der Waals surface area contributed by atoms with E-state index in [0.29, 0.717) is 5.57 Å². The van der Waals surface area contributed by atoms with Gasteiger partial charge in [0.15, 0.2) is 0 Å². The second-order valence-corrected chi connectivity index (χ2v) is 1.57. The molecule has 50 valence electrons. The standard InChI is InChI=1S/C7H10FN/c1-4-6(3)7(8)9-5-2/h4-5H,2H2,1,3H3/b6-4-,9-7?. The lowest BCUT2D eigenvalue weighted by molar-refractivity contribution is 0.802. The first-order valence-corrected chi connectivity index (χ1v) is 2.70. The van der Waals surface area contributed by atoms with Crippen molar-refractivity contribution in [2.24, 2.45) is 4.99 Å². The van der Waals surface area contributed by atoms with Crippen LogP contribution in [0.3, 0.4) is 0 Å². The van der Waals surface area contributed by atoms with Crippen molar-refractivity contribution >= 4 is 5.97 Å². The first-order valence-electron chi connectivity index (χ1n) is 2.70. The van der Waals surface area contributed by atoms with E-state index in [9.17, 15) is 4.39 Å². The minimum absolute atomic E-state index is 0.465. The molecule has 0 rings (SSSR count). The molecule has 0 heterocycles. The van der Waals surface area contributed by atoms with Crippen LogP contribution in [0.15, 0.2) is 29.4 Å². The number of hydrogen-bond acceptors (Lipinski definition) is 1. The zero-order chi connectivity index (χ0) is 7.28. The van der Waals surface area contributed by atoms with Crippen LogP contribution in [0.25, 0.3) is 0 Å². The van der Waals surface area contributed by atoms with Gasteiger partial charge in [0.2, 0.25) is 5.97 Å². The molecule has 0 spiro atoms. The third-order valence-corrected chi connectivity index (χ3v) is 0.963. The summed E-state index contributed by atoms with van der Waals surface area (Å²) in [7, 11) is 0. The normalized spacial score (nSPS) is 13.7. The van der Waals surface area contributed by atoms with Crippen molar-refractivity contribution < 1.29 is 4.39 Å². The smallest absolute Gasteiger partial charge is 0.215 e. The van der Waals surface area contributed by atoms with Gasteiger partial charge in [0.1, 0.15) is 0 Å². The number of rotatable bonds is 2. The predicted octanol–water partition coefficient (Wildman–Crippen LogP) is 2.46. The zero-order valence-electron chi connectivity index (χ0n) is 5.69. The Morgan fingerprint density at radius 3 is 2.56 bits per heavy atom. The Labute approximate surface area is 54.6 Å². The molecular weight excluding hydrogens is 117 g/mol. The number of nitrogens with zero attached hydrogens (tertiary/aromatic N) is 1. The van der Waals surface area contributed by atoms with Crippen LogP contribution in [0.5, 0.6) is 0 Å². The van der Waals surface area contributed by atoms with Crippen molar-refractivity contribution in [2.75, 3.05) is 0 Å². The Balaban J connectivity index is 4.19. The molecule has 0 fully saturated rings. The van der Waals surface area contributed by atoms with E-state index in [0.717, 1.165) is 0 Å². The van der Waals surface area contributed by atoms with Crippen molar-refractivity contribution in [2.45, 2.75) is 13.8 Å².